The number of hydrogen-bond donors (Lipinski definition) is 1. The molecule has 6 nitrogen and oxygen atoms in total. The zero-order valence-electron chi connectivity index (χ0n) is 11.4. The number of nitrogens with zero attached hydrogens (tertiary/aromatic N) is 4. The van der Waals surface area contributed by atoms with Crippen LogP contribution in [0.15, 0.2) is 6.33 Å². The zero-order chi connectivity index (χ0) is 13.8. The Morgan fingerprint density at radius 3 is 2.89 bits per heavy atom. The average molecular weight is 284 g/mol. The number of aromatic nitrogens is 4. The van der Waals surface area contributed by atoms with Crippen LogP contribution in [0.25, 0.3) is 11.2 Å². The molecule has 104 valence electrons. The molecule has 2 rings (SSSR count). The second kappa shape index (κ2) is 6.16. The van der Waals surface area contributed by atoms with E-state index in [4.69, 9.17) is 16.3 Å². The molecule has 2 heterocycles. The highest BCUT2D eigenvalue weighted by atomic mass is 35.5. The molecular weight excluding hydrogens is 266 g/mol. The molecule has 0 spiro atoms. The predicted octanol–water partition coefficient (Wildman–Crippen LogP) is 2.19. The Morgan fingerprint density at radius 1 is 1.42 bits per heavy atom. The molecule has 1 N–H and O–H groups in total. The van der Waals surface area contributed by atoms with Crippen molar-refractivity contribution in [1.29, 1.82) is 0 Å². The van der Waals surface area contributed by atoms with Crippen LogP contribution in [0.4, 0.5) is 5.82 Å². The number of imidazole rings is 1. The van der Waals surface area contributed by atoms with E-state index in [1.807, 2.05) is 4.57 Å². The van der Waals surface area contributed by atoms with Crippen molar-refractivity contribution in [3.63, 3.8) is 0 Å². The second-order valence-corrected chi connectivity index (χ2v) is 5.06. The Bertz CT molecular complexity index is 554. The summed E-state index contributed by atoms with van der Waals surface area (Å²) < 4.78 is 7.06. The summed E-state index contributed by atoms with van der Waals surface area (Å²) >= 11 is 5.92. The third-order valence-corrected chi connectivity index (χ3v) is 2.83. The number of ether oxygens (including phenoxy) is 1. The number of rotatable bonds is 6. The molecular formula is C12H18ClN5O. The number of anilines is 1. The third kappa shape index (κ3) is 3.33. The van der Waals surface area contributed by atoms with Gasteiger partial charge in [-0.3, -0.25) is 0 Å². The fourth-order valence-electron chi connectivity index (χ4n) is 1.74. The molecule has 0 aliphatic carbocycles. The van der Waals surface area contributed by atoms with E-state index >= 15 is 0 Å². The number of methoxy groups -OCH3 is 1. The number of hydrogen-bond acceptors (Lipinski definition) is 5. The molecule has 2 aromatic heterocycles. The van der Waals surface area contributed by atoms with Crippen molar-refractivity contribution in [2.75, 3.05) is 25.6 Å². The molecule has 0 aliphatic heterocycles. The minimum absolute atomic E-state index is 0.204. The summed E-state index contributed by atoms with van der Waals surface area (Å²) in [5, 5.41) is 3.50. The summed E-state index contributed by atoms with van der Waals surface area (Å²) in [6.45, 7) is 6.40. The van der Waals surface area contributed by atoms with E-state index in [2.05, 4.69) is 34.1 Å². The molecule has 0 fully saturated rings. The van der Waals surface area contributed by atoms with Gasteiger partial charge in [-0.25, -0.2) is 4.98 Å². The Labute approximate surface area is 117 Å². The maximum absolute atomic E-state index is 5.92. The van der Waals surface area contributed by atoms with Crippen molar-refractivity contribution < 1.29 is 4.74 Å². The molecule has 7 heteroatoms. The predicted molar refractivity (Wildman–Crippen MR) is 75.5 cm³/mol. The Balaban J connectivity index is 2.37. The number of fused-ring (bicyclic) bond motifs is 1. The first-order valence-electron chi connectivity index (χ1n) is 6.23. The van der Waals surface area contributed by atoms with E-state index in [0.29, 0.717) is 24.7 Å². The van der Waals surface area contributed by atoms with Crippen LogP contribution in [0.5, 0.6) is 0 Å². The van der Waals surface area contributed by atoms with Gasteiger partial charge in [0.15, 0.2) is 11.5 Å². The van der Waals surface area contributed by atoms with Crippen molar-refractivity contribution >= 4 is 28.6 Å². The summed E-state index contributed by atoms with van der Waals surface area (Å²) in [5.41, 5.74) is 1.46. The third-order valence-electron chi connectivity index (χ3n) is 2.66. The number of nitrogens with one attached hydrogen (secondary N) is 1. The van der Waals surface area contributed by atoms with Crippen molar-refractivity contribution in [2.24, 2.45) is 5.92 Å². The van der Waals surface area contributed by atoms with Gasteiger partial charge in [0.25, 0.3) is 0 Å². The quantitative estimate of drug-likeness (QED) is 0.823. The van der Waals surface area contributed by atoms with Gasteiger partial charge in [0.2, 0.25) is 5.28 Å². The minimum Gasteiger partial charge on any atom is -0.383 e. The molecule has 0 aliphatic rings. The largest absolute Gasteiger partial charge is 0.383 e. The van der Waals surface area contributed by atoms with Gasteiger partial charge in [0.05, 0.1) is 12.9 Å². The van der Waals surface area contributed by atoms with Gasteiger partial charge in [-0.15, -0.1) is 0 Å². The average Bonchev–Trinajstić information content (AvgIpc) is 2.76. The van der Waals surface area contributed by atoms with Crippen LogP contribution in [0.2, 0.25) is 5.28 Å². The second-order valence-electron chi connectivity index (χ2n) is 4.72. The highest BCUT2D eigenvalue weighted by Crippen LogP contribution is 2.21. The van der Waals surface area contributed by atoms with Gasteiger partial charge in [-0.1, -0.05) is 13.8 Å². The summed E-state index contributed by atoms with van der Waals surface area (Å²) in [6.07, 6.45) is 1.73. The normalized spacial score (nSPS) is 11.4. The molecule has 0 amide bonds. The lowest BCUT2D eigenvalue weighted by atomic mass is 10.2. The van der Waals surface area contributed by atoms with Crippen LogP contribution in [0.3, 0.4) is 0 Å². The molecule has 0 atom stereocenters. The summed E-state index contributed by atoms with van der Waals surface area (Å²) in [7, 11) is 1.67. The van der Waals surface area contributed by atoms with E-state index in [-0.39, 0.29) is 5.28 Å². The van der Waals surface area contributed by atoms with Crippen molar-refractivity contribution in [2.45, 2.75) is 20.4 Å². The van der Waals surface area contributed by atoms with Crippen LogP contribution in [0.1, 0.15) is 13.8 Å². The molecule has 19 heavy (non-hydrogen) atoms. The van der Waals surface area contributed by atoms with Gasteiger partial charge in [-0.05, 0) is 17.5 Å². The fourth-order valence-corrected chi connectivity index (χ4v) is 1.90. The van der Waals surface area contributed by atoms with E-state index < -0.39 is 0 Å². The molecule has 2 aromatic rings. The van der Waals surface area contributed by atoms with E-state index in [0.717, 1.165) is 17.9 Å². The summed E-state index contributed by atoms with van der Waals surface area (Å²) in [6, 6.07) is 0. The standard InChI is InChI=1S/C12H18ClN5O/c1-8(2)6-14-10-9-11(17-12(13)16-10)15-7-18(9)4-5-19-3/h7-8H,4-6H2,1-3H3,(H,14,16,17). The molecule has 0 saturated heterocycles. The Morgan fingerprint density at radius 2 is 2.21 bits per heavy atom. The van der Waals surface area contributed by atoms with Crippen molar-refractivity contribution in [3.8, 4) is 0 Å². The smallest absolute Gasteiger partial charge is 0.226 e. The molecule has 0 radical (unpaired) electrons. The van der Waals surface area contributed by atoms with Crippen LogP contribution in [-0.4, -0.2) is 39.8 Å². The summed E-state index contributed by atoms with van der Waals surface area (Å²) in [5.74, 6) is 1.23. The minimum atomic E-state index is 0.204. The monoisotopic (exact) mass is 283 g/mol. The Kier molecular flexibility index (Phi) is 4.55. The number of halogens is 1. The fraction of sp³-hybridized carbons (Fsp3) is 0.583. The van der Waals surface area contributed by atoms with Crippen molar-refractivity contribution in [3.05, 3.63) is 11.6 Å². The molecule has 0 unspecified atom stereocenters. The lowest BCUT2D eigenvalue weighted by Gasteiger charge is -2.11. The van der Waals surface area contributed by atoms with Crippen LogP contribution in [0, 0.1) is 5.92 Å². The lowest BCUT2D eigenvalue weighted by molar-refractivity contribution is 0.188. The maximum Gasteiger partial charge on any atom is 0.226 e. The molecule has 0 saturated carbocycles. The first kappa shape index (κ1) is 14.0. The lowest BCUT2D eigenvalue weighted by Crippen LogP contribution is -2.12. The van der Waals surface area contributed by atoms with E-state index in [1.54, 1.807) is 13.4 Å². The van der Waals surface area contributed by atoms with Gasteiger partial charge >= 0.3 is 0 Å². The molecule has 0 aromatic carbocycles. The van der Waals surface area contributed by atoms with Crippen LogP contribution in [-0.2, 0) is 11.3 Å². The van der Waals surface area contributed by atoms with Crippen molar-refractivity contribution in [1.82, 2.24) is 19.5 Å². The first-order chi connectivity index (χ1) is 9.11. The van der Waals surface area contributed by atoms with Gasteiger partial charge in [0.1, 0.15) is 5.52 Å². The zero-order valence-corrected chi connectivity index (χ0v) is 12.1. The first-order valence-corrected chi connectivity index (χ1v) is 6.60. The van der Waals surface area contributed by atoms with E-state index in [9.17, 15) is 0 Å². The SMILES string of the molecule is COCCn1cnc2nc(Cl)nc(NCC(C)C)c21. The van der Waals surface area contributed by atoms with E-state index in [1.165, 1.54) is 0 Å². The Hall–Kier alpha value is -1.40. The highest BCUT2D eigenvalue weighted by molar-refractivity contribution is 6.28. The van der Waals surface area contributed by atoms with Crippen LogP contribution >= 0.6 is 11.6 Å². The highest BCUT2D eigenvalue weighted by Gasteiger charge is 2.13. The molecule has 0 bridgehead atoms. The summed E-state index contributed by atoms with van der Waals surface area (Å²) in [4.78, 5) is 12.6. The maximum atomic E-state index is 5.92. The van der Waals surface area contributed by atoms with Gasteiger partial charge in [-0.2, -0.15) is 9.97 Å². The van der Waals surface area contributed by atoms with Gasteiger partial charge < -0.3 is 14.6 Å². The van der Waals surface area contributed by atoms with Crippen LogP contribution < -0.4 is 5.32 Å². The topological polar surface area (TPSA) is 64.9 Å². The van der Waals surface area contributed by atoms with Gasteiger partial charge in [0, 0.05) is 20.2 Å².